The van der Waals surface area contributed by atoms with E-state index in [9.17, 15) is 4.79 Å². The molecule has 0 aliphatic heterocycles. The Morgan fingerprint density at radius 2 is 1.76 bits per heavy atom. The third-order valence-electron chi connectivity index (χ3n) is 4.36. The van der Waals surface area contributed by atoms with Crippen molar-refractivity contribution >= 4 is 16.6 Å². The SMILES string of the molecule is CC(=O)/C=C(/C)O.[Ir].c1ccc(C[N-]COc2cccc(-c3nccc4ccccc34)n2)nc1. The predicted octanol–water partition coefficient (Wildman–Crippen LogP) is 5.64. The Bertz CT molecular complexity index is 1220. The van der Waals surface area contributed by atoms with Crippen LogP contribution in [-0.4, -0.2) is 32.6 Å². The van der Waals surface area contributed by atoms with E-state index < -0.39 is 0 Å². The molecular formula is C26H25IrN4O3-. The molecule has 8 heteroatoms. The molecule has 0 bridgehead atoms. The molecule has 0 atom stereocenters. The zero-order chi connectivity index (χ0) is 23.5. The number of carbonyl (C=O) groups excluding carboxylic acids is 1. The molecule has 0 spiro atoms. The van der Waals surface area contributed by atoms with Crippen molar-refractivity contribution in [3.63, 3.8) is 0 Å². The van der Waals surface area contributed by atoms with E-state index in [4.69, 9.17) is 9.84 Å². The van der Waals surface area contributed by atoms with Crippen molar-refractivity contribution in [1.29, 1.82) is 0 Å². The predicted molar refractivity (Wildman–Crippen MR) is 129 cm³/mol. The molecule has 0 fully saturated rings. The number of nitrogens with zero attached hydrogens (tertiary/aromatic N) is 4. The molecule has 177 valence electrons. The number of ketones is 1. The van der Waals surface area contributed by atoms with Gasteiger partial charge in [-0.2, -0.15) is 0 Å². The molecule has 0 saturated carbocycles. The zero-order valence-corrected chi connectivity index (χ0v) is 21.3. The van der Waals surface area contributed by atoms with Crippen LogP contribution in [-0.2, 0) is 31.4 Å². The first-order chi connectivity index (χ1) is 16.0. The molecule has 4 rings (SSSR count). The molecule has 1 N–H and O–H groups in total. The van der Waals surface area contributed by atoms with Gasteiger partial charge in [0.2, 0.25) is 5.88 Å². The molecule has 0 amide bonds. The second-order valence-electron chi connectivity index (χ2n) is 7.11. The summed E-state index contributed by atoms with van der Waals surface area (Å²) >= 11 is 0. The van der Waals surface area contributed by atoms with Gasteiger partial charge in [0.25, 0.3) is 0 Å². The molecule has 0 aliphatic carbocycles. The Balaban J connectivity index is 0.000000449. The number of hydrogen-bond acceptors (Lipinski definition) is 6. The van der Waals surface area contributed by atoms with Crippen molar-refractivity contribution < 1.29 is 34.7 Å². The molecule has 3 heterocycles. The smallest absolute Gasteiger partial charge is 0.212 e. The number of ether oxygens (including phenoxy) is 1. The van der Waals surface area contributed by atoms with Crippen LogP contribution in [0.25, 0.3) is 27.5 Å². The fraction of sp³-hybridized carbons (Fsp3) is 0.154. The van der Waals surface area contributed by atoms with Gasteiger partial charge in [-0.3, -0.25) is 14.8 Å². The second-order valence-corrected chi connectivity index (χ2v) is 7.11. The van der Waals surface area contributed by atoms with Crippen LogP contribution >= 0.6 is 0 Å². The maximum Gasteiger partial charge on any atom is 0.212 e. The van der Waals surface area contributed by atoms with E-state index in [1.54, 1.807) is 12.4 Å². The summed E-state index contributed by atoms with van der Waals surface area (Å²) in [6, 6.07) is 21.6. The topological polar surface area (TPSA) is 99.3 Å². The van der Waals surface area contributed by atoms with E-state index in [1.165, 1.54) is 19.9 Å². The number of aliphatic hydroxyl groups is 1. The minimum Gasteiger partial charge on any atom is -0.624 e. The van der Waals surface area contributed by atoms with Gasteiger partial charge in [0.1, 0.15) is 0 Å². The molecule has 34 heavy (non-hydrogen) atoms. The van der Waals surface area contributed by atoms with E-state index >= 15 is 0 Å². The van der Waals surface area contributed by atoms with Crippen LogP contribution in [0.4, 0.5) is 0 Å². The van der Waals surface area contributed by atoms with Crippen LogP contribution in [0.1, 0.15) is 19.5 Å². The summed E-state index contributed by atoms with van der Waals surface area (Å²) in [5.41, 5.74) is 2.54. The Kier molecular flexibility index (Phi) is 11.0. The third kappa shape index (κ3) is 8.48. The first-order valence-electron chi connectivity index (χ1n) is 10.4. The van der Waals surface area contributed by atoms with E-state index in [2.05, 4.69) is 32.4 Å². The Morgan fingerprint density at radius 3 is 2.47 bits per heavy atom. The van der Waals surface area contributed by atoms with Crippen molar-refractivity contribution in [3.8, 4) is 17.3 Å². The number of benzene rings is 1. The Hall–Kier alpha value is -3.45. The fourth-order valence-corrected chi connectivity index (χ4v) is 3.01. The minimum atomic E-state index is -0.125. The van der Waals surface area contributed by atoms with Crippen LogP contribution in [0.15, 0.2) is 91.0 Å². The Morgan fingerprint density at radius 1 is 0.971 bits per heavy atom. The molecule has 0 unspecified atom stereocenters. The maximum absolute atomic E-state index is 10.0. The molecule has 3 aromatic heterocycles. The number of pyridine rings is 3. The van der Waals surface area contributed by atoms with Crippen molar-refractivity contribution in [2.24, 2.45) is 0 Å². The standard InChI is InChI=1S/C21H17N4O.C5H8O2.Ir/c1-2-8-18-16(6-1)11-13-24-21(18)19-9-5-10-20(25-19)26-15-22-14-17-7-3-4-12-23-17;1-4(6)3-5(2)7;/h1-13H,14-15H2;3,6H,1-2H3;/q-1;;/b;4-3-;. The summed E-state index contributed by atoms with van der Waals surface area (Å²) in [5, 5.41) is 14.9. The number of hydrogen-bond donors (Lipinski definition) is 1. The van der Waals surface area contributed by atoms with Gasteiger partial charge >= 0.3 is 0 Å². The largest absolute Gasteiger partial charge is 0.624 e. The summed E-state index contributed by atoms with van der Waals surface area (Å²) in [6.07, 6.45) is 4.73. The minimum absolute atomic E-state index is 0. The van der Waals surface area contributed by atoms with Gasteiger partial charge in [0.05, 0.1) is 17.1 Å². The fourth-order valence-electron chi connectivity index (χ4n) is 3.01. The van der Waals surface area contributed by atoms with Crippen molar-refractivity contribution in [2.75, 3.05) is 6.73 Å². The summed E-state index contributed by atoms with van der Waals surface area (Å²) in [7, 11) is 0. The molecular weight excluding hydrogens is 609 g/mol. The number of aliphatic hydroxyl groups excluding tert-OH is 1. The van der Waals surface area contributed by atoms with Gasteiger partial charge < -0.3 is 15.2 Å². The summed E-state index contributed by atoms with van der Waals surface area (Å²) < 4.78 is 5.67. The molecule has 0 aliphatic rings. The van der Waals surface area contributed by atoms with Gasteiger partial charge in [-0.1, -0.05) is 36.4 Å². The number of allylic oxidation sites excluding steroid dienone is 2. The first kappa shape index (κ1) is 26.8. The first-order valence-corrected chi connectivity index (χ1v) is 10.4. The van der Waals surface area contributed by atoms with E-state index in [0.29, 0.717) is 12.4 Å². The Labute approximate surface area is 212 Å². The van der Waals surface area contributed by atoms with Crippen molar-refractivity contribution in [3.05, 3.63) is 102 Å². The van der Waals surface area contributed by atoms with E-state index in [0.717, 1.165) is 27.9 Å². The number of carbonyl (C=O) groups is 1. The number of fused-ring (bicyclic) bond motifs is 1. The van der Waals surface area contributed by atoms with Gasteiger partial charge in [-0.25, -0.2) is 4.98 Å². The monoisotopic (exact) mass is 634 g/mol. The van der Waals surface area contributed by atoms with E-state index in [-0.39, 0.29) is 38.4 Å². The molecule has 1 aromatic carbocycles. The van der Waals surface area contributed by atoms with Crippen LogP contribution in [0.5, 0.6) is 5.88 Å². The van der Waals surface area contributed by atoms with Gasteiger partial charge in [-0.15, -0.1) is 6.54 Å². The summed E-state index contributed by atoms with van der Waals surface area (Å²) in [5.74, 6) is 0.467. The average molecular weight is 634 g/mol. The number of rotatable bonds is 7. The van der Waals surface area contributed by atoms with Crippen LogP contribution in [0.3, 0.4) is 0 Å². The quantitative estimate of drug-likeness (QED) is 0.161. The van der Waals surface area contributed by atoms with Gasteiger partial charge in [0.15, 0.2) is 5.78 Å². The zero-order valence-electron chi connectivity index (χ0n) is 18.9. The summed E-state index contributed by atoms with van der Waals surface area (Å²) in [6.45, 7) is 3.60. The molecule has 1 radical (unpaired) electrons. The van der Waals surface area contributed by atoms with Crippen LogP contribution in [0, 0.1) is 0 Å². The molecule has 4 aromatic rings. The average Bonchev–Trinajstić information content (AvgIpc) is 2.82. The third-order valence-corrected chi connectivity index (χ3v) is 4.36. The maximum atomic E-state index is 10.0. The van der Waals surface area contributed by atoms with Gasteiger partial charge in [0, 0.05) is 62.5 Å². The van der Waals surface area contributed by atoms with Crippen molar-refractivity contribution in [2.45, 2.75) is 20.4 Å². The molecule has 0 saturated heterocycles. The normalized spacial score (nSPS) is 10.6. The van der Waals surface area contributed by atoms with Crippen LogP contribution < -0.4 is 4.74 Å². The van der Waals surface area contributed by atoms with Crippen LogP contribution in [0.2, 0.25) is 0 Å². The molecule has 7 nitrogen and oxygen atoms in total. The number of aromatic nitrogens is 3. The van der Waals surface area contributed by atoms with Gasteiger partial charge in [-0.05, 0) is 43.5 Å². The van der Waals surface area contributed by atoms with Crippen molar-refractivity contribution in [1.82, 2.24) is 15.0 Å². The second kappa shape index (κ2) is 14.0. The summed E-state index contributed by atoms with van der Waals surface area (Å²) in [4.78, 5) is 23.3. The van der Waals surface area contributed by atoms with E-state index in [1.807, 2.05) is 54.6 Å².